The summed E-state index contributed by atoms with van der Waals surface area (Å²) in [4.78, 5) is -0.124. The van der Waals surface area contributed by atoms with Gasteiger partial charge in [-0.3, -0.25) is 4.31 Å². The Kier molecular flexibility index (Phi) is 6.48. The van der Waals surface area contributed by atoms with Crippen molar-refractivity contribution in [3.63, 3.8) is 0 Å². The fourth-order valence-corrected chi connectivity index (χ4v) is 7.03. The molecule has 0 atom stereocenters. The topological polar surface area (TPSA) is 76.3 Å². The van der Waals surface area contributed by atoms with Gasteiger partial charge in [-0.1, -0.05) is 30.3 Å². The Balaban J connectivity index is 1.66. The zero-order valence-corrected chi connectivity index (χ0v) is 21.6. The maximum Gasteiger partial charge on any atom is 0.419 e. The Morgan fingerprint density at radius 3 is 2.42 bits per heavy atom. The smallest absolute Gasteiger partial charge is 0.419 e. The molecule has 0 aliphatic heterocycles. The Morgan fingerprint density at radius 1 is 0.974 bits per heavy atom. The molecule has 0 unspecified atom stereocenters. The molecule has 2 aromatic heterocycles. The number of sulfonamides is 1. The Labute approximate surface area is 219 Å². The molecule has 0 saturated heterocycles. The van der Waals surface area contributed by atoms with Crippen LogP contribution in [0.3, 0.4) is 0 Å². The van der Waals surface area contributed by atoms with Crippen LogP contribution in [0.1, 0.15) is 22.6 Å². The van der Waals surface area contributed by atoms with Crippen molar-refractivity contribution in [2.45, 2.75) is 31.5 Å². The van der Waals surface area contributed by atoms with Crippen molar-refractivity contribution in [2.75, 3.05) is 4.31 Å². The van der Waals surface area contributed by atoms with Crippen LogP contribution in [-0.4, -0.2) is 18.6 Å². The lowest BCUT2D eigenvalue weighted by Crippen LogP contribution is -2.30. The zero-order valence-electron chi connectivity index (χ0n) is 20.0. The minimum atomic E-state index is -4.94. The molecule has 5 rings (SSSR count). The number of aromatic nitrogens is 2. The Morgan fingerprint density at radius 2 is 1.74 bits per heavy atom. The number of nitrogens with zero attached hydrogens (tertiary/aromatic N) is 3. The SMILES string of the molecule is Cc1nnc(-c2cccc(S(=O)(=O)N(Cc3ccc(F)c(C(F)(F)F)c3)c3sc4ccccc4c3C)c2)o1. The molecule has 2 heterocycles. The van der Waals surface area contributed by atoms with Gasteiger partial charge in [-0.25, -0.2) is 12.8 Å². The number of rotatable bonds is 6. The first-order valence-electron chi connectivity index (χ1n) is 11.2. The van der Waals surface area contributed by atoms with Crippen LogP contribution >= 0.6 is 11.3 Å². The lowest BCUT2D eigenvalue weighted by molar-refractivity contribution is -0.140. The number of hydrogen-bond acceptors (Lipinski definition) is 6. The second kappa shape index (κ2) is 9.52. The predicted octanol–water partition coefficient (Wildman–Crippen LogP) is 7.12. The summed E-state index contributed by atoms with van der Waals surface area (Å²) >= 11 is 1.20. The molecule has 0 saturated carbocycles. The van der Waals surface area contributed by atoms with Gasteiger partial charge in [-0.05, 0) is 59.8 Å². The number of alkyl halides is 3. The quantitative estimate of drug-likeness (QED) is 0.206. The van der Waals surface area contributed by atoms with Gasteiger partial charge in [0.15, 0.2) is 0 Å². The molecule has 38 heavy (non-hydrogen) atoms. The van der Waals surface area contributed by atoms with E-state index in [9.17, 15) is 26.0 Å². The summed E-state index contributed by atoms with van der Waals surface area (Å²) in [5, 5.41) is 8.85. The molecule has 12 heteroatoms. The first kappa shape index (κ1) is 25.9. The van der Waals surface area contributed by atoms with Crippen LogP contribution in [0.15, 0.2) is 76.0 Å². The van der Waals surface area contributed by atoms with Gasteiger partial charge in [-0.2, -0.15) is 13.2 Å². The number of anilines is 1. The summed E-state index contributed by atoms with van der Waals surface area (Å²) in [6.07, 6.45) is -4.94. The number of thiophene rings is 1. The standard InChI is InChI=1S/C26H19F4N3O3S2/c1-15-20-8-3-4-9-23(20)37-25(15)33(14-17-10-11-22(27)21(12-17)26(28,29)30)38(34,35)19-7-5-6-18(13-19)24-32-31-16(2)36-24/h3-13H,14H2,1-2H3. The van der Waals surface area contributed by atoms with Crippen molar-refractivity contribution < 1.29 is 30.4 Å². The Hall–Kier alpha value is -3.77. The third-order valence-electron chi connectivity index (χ3n) is 5.90. The number of fused-ring (bicyclic) bond motifs is 1. The maximum atomic E-state index is 14.1. The predicted molar refractivity (Wildman–Crippen MR) is 136 cm³/mol. The van der Waals surface area contributed by atoms with E-state index in [1.54, 1.807) is 19.9 Å². The van der Waals surface area contributed by atoms with Crippen molar-refractivity contribution in [1.29, 1.82) is 0 Å². The Bertz CT molecular complexity index is 1760. The van der Waals surface area contributed by atoms with E-state index in [1.165, 1.54) is 29.5 Å². The molecule has 0 spiro atoms. The molecule has 0 bridgehead atoms. The summed E-state index contributed by atoms with van der Waals surface area (Å²) in [6.45, 7) is 2.89. The summed E-state index contributed by atoms with van der Waals surface area (Å²) in [6, 6.07) is 15.6. The van der Waals surface area contributed by atoms with Crippen molar-refractivity contribution in [3.8, 4) is 11.5 Å². The van der Waals surface area contributed by atoms with Crippen LogP contribution in [0.4, 0.5) is 22.6 Å². The highest BCUT2D eigenvalue weighted by Gasteiger charge is 2.35. The lowest BCUT2D eigenvalue weighted by Gasteiger charge is -2.25. The van der Waals surface area contributed by atoms with E-state index in [2.05, 4.69) is 10.2 Å². The largest absolute Gasteiger partial charge is 0.421 e. The minimum absolute atomic E-state index is 0.0252. The molecule has 196 valence electrons. The van der Waals surface area contributed by atoms with E-state index in [0.29, 0.717) is 34.2 Å². The third-order valence-corrected chi connectivity index (χ3v) is 9.06. The molecule has 0 N–H and O–H groups in total. The molecular formula is C26H19F4N3O3S2. The van der Waals surface area contributed by atoms with Crippen LogP contribution in [0, 0.1) is 19.7 Å². The first-order valence-corrected chi connectivity index (χ1v) is 13.5. The molecule has 0 aliphatic rings. The molecule has 0 radical (unpaired) electrons. The van der Waals surface area contributed by atoms with Gasteiger partial charge >= 0.3 is 6.18 Å². The second-order valence-electron chi connectivity index (χ2n) is 8.51. The van der Waals surface area contributed by atoms with E-state index in [0.717, 1.165) is 20.5 Å². The van der Waals surface area contributed by atoms with Gasteiger partial charge in [0.1, 0.15) is 10.8 Å². The van der Waals surface area contributed by atoms with Crippen molar-refractivity contribution in [3.05, 3.63) is 95.1 Å². The minimum Gasteiger partial charge on any atom is -0.421 e. The fraction of sp³-hybridized carbons (Fsp3) is 0.154. The second-order valence-corrected chi connectivity index (χ2v) is 11.4. The van der Waals surface area contributed by atoms with Crippen LogP contribution in [0.2, 0.25) is 0 Å². The van der Waals surface area contributed by atoms with Crippen LogP contribution in [0.5, 0.6) is 0 Å². The zero-order chi connectivity index (χ0) is 27.2. The van der Waals surface area contributed by atoms with Gasteiger partial charge < -0.3 is 4.42 Å². The molecule has 5 aromatic rings. The van der Waals surface area contributed by atoms with E-state index in [4.69, 9.17) is 4.42 Å². The molecule has 0 amide bonds. The number of aryl methyl sites for hydroxylation is 2. The van der Waals surface area contributed by atoms with E-state index >= 15 is 0 Å². The van der Waals surface area contributed by atoms with Gasteiger partial charge in [0.25, 0.3) is 10.0 Å². The van der Waals surface area contributed by atoms with Crippen LogP contribution in [-0.2, 0) is 22.7 Å². The third kappa shape index (κ3) is 4.76. The van der Waals surface area contributed by atoms with E-state index < -0.39 is 34.1 Å². The fourth-order valence-electron chi connectivity index (χ4n) is 4.05. The van der Waals surface area contributed by atoms with Gasteiger partial charge in [0, 0.05) is 17.2 Å². The molecule has 0 fully saturated rings. The summed E-state index contributed by atoms with van der Waals surface area (Å²) < 4.78 is 89.6. The maximum absolute atomic E-state index is 14.1. The average Bonchev–Trinajstić information content (AvgIpc) is 3.46. The van der Waals surface area contributed by atoms with Gasteiger partial charge in [0.05, 0.1) is 17.0 Å². The van der Waals surface area contributed by atoms with Crippen LogP contribution in [0.25, 0.3) is 21.5 Å². The highest BCUT2D eigenvalue weighted by Crippen LogP contribution is 2.41. The molecule has 3 aromatic carbocycles. The lowest BCUT2D eigenvalue weighted by atomic mass is 10.1. The molecule has 6 nitrogen and oxygen atoms in total. The first-order chi connectivity index (χ1) is 17.9. The van der Waals surface area contributed by atoms with Gasteiger partial charge in [0.2, 0.25) is 11.8 Å². The summed E-state index contributed by atoms with van der Waals surface area (Å²) in [7, 11) is -4.33. The van der Waals surface area contributed by atoms with Gasteiger partial charge in [-0.15, -0.1) is 21.5 Å². The number of halogens is 4. The summed E-state index contributed by atoms with van der Waals surface area (Å²) in [5.74, 6) is -1.01. The number of hydrogen-bond donors (Lipinski definition) is 0. The number of benzene rings is 3. The molecular weight excluding hydrogens is 542 g/mol. The monoisotopic (exact) mass is 561 g/mol. The highest BCUT2D eigenvalue weighted by atomic mass is 32.2. The highest BCUT2D eigenvalue weighted by molar-refractivity contribution is 7.93. The van der Waals surface area contributed by atoms with Crippen molar-refractivity contribution in [1.82, 2.24) is 10.2 Å². The van der Waals surface area contributed by atoms with Crippen molar-refractivity contribution >= 4 is 36.4 Å². The van der Waals surface area contributed by atoms with Crippen LogP contribution < -0.4 is 4.31 Å². The normalized spacial score (nSPS) is 12.3. The molecule has 0 aliphatic carbocycles. The van der Waals surface area contributed by atoms with E-state index in [1.807, 2.05) is 24.3 Å². The van der Waals surface area contributed by atoms with E-state index in [-0.39, 0.29) is 16.3 Å². The van der Waals surface area contributed by atoms with Crippen molar-refractivity contribution in [2.24, 2.45) is 0 Å². The summed E-state index contributed by atoms with van der Waals surface area (Å²) in [5.41, 5.74) is -0.478. The average molecular weight is 562 g/mol.